The van der Waals surface area contributed by atoms with Crippen molar-refractivity contribution < 1.29 is 37.3 Å². The number of allylic oxidation sites excluding steroid dienone is 3. The van der Waals surface area contributed by atoms with Crippen molar-refractivity contribution in [2.75, 3.05) is 40.9 Å². The maximum Gasteiger partial charge on any atom is 0.472 e. The van der Waals surface area contributed by atoms with E-state index in [2.05, 4.69) is 38.2 Å². The zero-order chi connectivity index (χ0) is 50.1. The predicted octanol–water partition coefficient (Wildman–Crippen LogP) is 17.4. The minimum absolute atomic E-state index is 0.0413. The van der Waals surface area contributed by atoms with E-state index < -0.39 is 20.0 Å². The van der Waals surface area contributed by atoms with Crippen LogP contribution in [0.1, 0.15) is 284 Å². The lowest BCUT2D eigenvalue weighted by Gasteiger charge is -2.27. The van der Waals surface area contributed by atoms with E-state index in [0.717, 1.165) is 70.6 Å². The molecule has 0 rings (SSSR count). The van der Waals surface area contributed by atoms with Crippen LogP contribution in [0.4, 0.5) is 0 Å². The Morgan fingerprint density at radius 2 is 0.853 bits per heavy atom. The first-order chi connectivity index (χ1) is 32.9. The molecule has 1 amide bonds. The number of hydrogen-bond donors (Lipinski definition) is 2. The standard InChI is InChI=1S/C58H113N2O7P/c1-7-10-13-16-19-22-25-27-29-30-31-32-35-38-41-44-47-50-57(61)59-55(54-66-68(63,64)65-53-52-60(4,5)6)56(49-46-43-40-37-34-24-21-18-15-12-9-3)67-58(62)51-48-45-42-39-36-33-28-26-23-20-17-14-11-8-2/h33,36,46,49,55-56H,7-32,34-35,37-45,47-48,50-54H2,1-6H3,(H-,59,61,63,64)/p+1/b36-33-,49-46+. The second kappa shape index (κ2) is 49.1. The van der Waals surface area contributed by atoms with Crippen LogP contribution in [0.5, 0.6) is 0 Å². The number of likely N-dealkylation sites (N-methyl/N-ethyl adjacent to an activating group) is 1. The van der Waals surface area contributed by atoms with Crippen molar-refractivity contribution in [1.82, 2.24) is 5.32 Å². The highest BCUT2D eigenvalue weighted by Gasteiger charge is 2.30. The van der Waals surface area contributed by atoms with Gasteiger partial charge < -0.3 is 19.4 Å². The highest BCUT2D eigenvalue weighted by Crippen LogP contribution is 2.43. The van der Waals surface area contributed by atoms with Crippen LogP contribution in [-0.4, -0.2) is 74.3 Å². The molecule has 0 fully saturated rings. The zero-order valence-electron chi connectivity index (χ0n) is 45.9. The van der Waals surface area contributed by atoms with Crippen molar-refractivity contribution in [1.29, 1.82) is 0 Å². The highest BCUT2D eigenvalue weighted by atomic mass is 31.2. The average molecular weight is 983 g/mol. The molecule has 0 aliphatic heterocycles. The second-order valence-corrected chi connectivity index (χ2v) is 22.6. The van der Waals surface area contributed by atoms with Gasteiger partial charge in [-0.3, -0.25) is 18.6 Å². The number of carbonyl (C=O) groups is 2. The molecule has 68 heavy (non-hydrogen) atoms. The summed E-state index contributed by atoms with van der Waals surface area (Å²) < 4.78 is 30.6. The van der Waals surface area contributed by atoms with E-state index in [4.69, 9.17) is 13.8 Å². The summed E-state index contributed by atoms with van der Waals surface area (Å²) >= 11 is 0. The minimum atomic E-state index is -4.44. The van der Waals surface area contributed by atoms with Gasteiger partial charge in [-0.25, -0.2) is 4.57 Å². The van der Waals surface area contributed by atoms with Crippen LogP contribution in [0.25, 0.3) is 0 Å². The molecule has 0 aromatic heterocycles. The average Bonchev–Trinajstić information content (AvgIpc) is 3.29. The number of nitrogens with one attached hydrogen (secondary N) is 1. The number of phosphoric ester groups is 1. The van der Waals surface area contributed by atoms with E-state index in [-0.39, 0.29) is 31.5 Å². The number of rotatable bonds is 53. The predicted molar refractivity (Wildman–Crippen MR) is 291 cm³/mol. The Balaban J connectivity index is 5.29. The van der Waals surface area contributed by atoms with Crippen molar-refractivity contribution in [3.63, 3.8) is 0 Å². The van der Waals surface area contributed by atoms with Gasteiger partial charge in [0, 0.05) is 12.8 Å². The van der Waals surface area contributed by atoms with Gasteiger partial charge in [0.2, 0.25) is 5.91 Å². The third-order valence-electron chi connectivity index (χ3n) is 13.1. The SMILES string of the molecule is CCCCCCCCC/C=C\CCCCCC(=O)OC(/C=C/CCCCCCCCCCC)C(COP(=O)(O)OCC[N+](C)(C)C)NC(=O)CCCCCCCCCCCCCCCCCCC. The largest absolute Gasteiger partial charge is 0.472 e. The Labute approximate surface area is 422 Å². The Morgan fingerprint density at radius 1 is 0.500 bits per heavy atom. The maximum atomic E-state index is 13.5. The third kappa shape index (κ3) is 49.5. The smallest absolute Gasteiger partial charge is 0.456 e. The van der Waals surface area contributed by atoms with E-state index in [1.165, 1.54) is 180 Å². The second-order valence-electron chi connectivity index (χ2n) is 21.2. The van der Waals surface area contributed by atoms with E-state index in [0.29, 0.717) is 17.4 Å². The molecule has 0 aliphatic rings. The topological polar surface area (TPSA) is 111 Å². The number of phosphoric acid groups is 1. The van der Waals surface area contributed by atoms with Gasteiger partial charge in [-0.15, -0.1) is 0 Å². The Morgan fingerprint density at radius 3 is 1.26 bits per heavy atom. The summed E-state index contributed by atoms with van der Waals surface area (Å²) in [4.78, 5) is 37.5. The summed E-state index contributed by atoms with van der Waals surface area (Å²) in [6.07, 6.45) is 56.0. The minimum Gasteiger partial charge on any atom is -0.456 e. The number of quaternary nitrogens is 1. The first kappa shape index (κ1) is 66.5. The van der Waals surface area contributed by atoms with E-state index >= 15 is 0 Å². The molecule has 0 saturated carbocycles. The summed E-state index contributed by atoms with van der Waals surface area (Å²) in [7, 11) is 1.50. The Bertz CT molecular complexity index is 1220. The van der Waals surface area contributed by atoms with Crippen molar-refractivity contribution in [2.24, 2.45) is 0 Å². The third-order valence-corrected chi connectivity index (χ3v) is 14.1. The first-order valence-corrected chi connectivity index (χ1v) is 30.7. The fraction of sp³-hybridized carbons (Fsp3) is 0.897. The molecule has 402 valence electrons. The molecule has 0 aromatic carbocycles. The van der Waals surface area contributed by atoms with Gasteiger partial charge in [0.05, 0.1) is 33.8 Å². The molecule has 2 N–H and O–H groups in total. The molecule has 0 heterocycles. The van der Waals surface area contributed by atoms with Crippen molar-refractivity contribution in [3.05, 3.63) is 24.3 Å². The number of carbonyl (C=O) groups excluding carboxylic acids is 2. The van der Waals surface area contributed by atoms with Crippen LogP contribution in [0.2, 0.25) is 0 Å². The molecule has 9 nitrogen and oxygen atoms in total. The summed E-state index contributed by atoms with van der Waals surface area (Å²) in [6.45, 7) is 7.02. The monoisotopic (exact) mass is 982 g/mol. The fourth-order valence-electron chi connectivity index (χ4n) is 8.58. The molecule has 0 bridgehead atoms. The molecule has 10 heteroatoms. The van der Waals surface area contributed by atoms with E-state index in [9.17, 15) is 19.0 Å². The van der Waals surface area contributed by atoms with E-state index in [1.54, 1.807) is 0 Å². The van der Waals surface area contributed by atoms with Gasteiger partial charge in [0.25, 0.3) is 0 Å². The van der Waals surface area contributed by atoms with Crippen molar-refractivity contribution in [2.45, 2.75) is 296 Å². The van der Waals surface area contributed by atoms with Gasteiger partial charge in [-0.05, 0) is 57.4 Å². The lowest BCUT2D eigenvalue weighted by molar-refractivity contribution is -0.870. The zero-order valence-corrected chi connectivity index (χ0v) is 46.8. The number of unbranched alkanes of at least 4 members (excludes halogenated alkanes) is 35. The molecule has 0 aliphatic carbocycles. The number of hydrogen-bond acceptors (Lipinski definition) is 6. The summed E-state index contributed by atoms with van der Waals surface area (Å²) in [5.74, 6) is -0.511. The van der Waals surface area contributed by atoms with Crippen molar-refractivity contribution >= 4 is 19.7 Å². The summed E-state index contributed by atoms with van der Waals surface area (Å²) in [5.41, 5.74) is 0. The van der Waals surface area contributed by atoms with Crippen LogP contribution in [0.3, 0.4) is 0 Å². The molecular formula is C58H114N2O7P+. The maximum absolute atomic E-state index is 13.5. The van der Waals surface area contributed by atoms with Crippen LogP contribution < -0.4 is 5.32 Å². The van der Waals surface area contributed by atoms with E-state index in [1.807, 2.05) is 33.3 Å². The van der Waals surface area contributed by atoms with Crippen LogP contribution >= 0.6 is 7.82 Å². The lowest BCUT2D eigenvalue weighted by atomic mass is 10.0. The van der Waals surface area contributed by atoms with Crippen molar-refractivity contribution in [3.8, 4) is 0 Å². The molecule has 0 saturated heterocycles. The molecule has 0 spiro atoms. The molecule has 0 aromatic rings. The number of ether oxygens (including phenoxy) is 1. The van der Waals surface area contributed by atoms with Gasteiger partial charge in [-0.1, -0.05) is 238 Å². The first-order valence-electron chi connectivity index (χ1n) is 29.2. The fourth-order valence-corrected chi connectivity index (χ4v) is 9.32. The molecule has 3 unspecified atom stereocenters. The van der Waals surface area contributed by atoms with Gasteiger partial charge >= 0.3 is 13.8 Å². The Hall–Kier alpha value is -1.51. The molecule has 0 radical (unpaired) electrons. The number of amides is 1. The van der Waals surface area contributed by atoms with Gasteiger partial charge in [-0.2, -0.15) is 0 Å². The summed E-state index contributed by atoms with van der Waals surface area (Å²) in [6, 6.07) is -0.847. The summed E-state index contributed by atoms with van der Waals surface area (Å²) in [5, 5.41) is 3.05. The number of nitrogens with zero attached hydrogens (tertiary/aromatic N) is 1. The Kier molecular flexibility index (Phi) is 48.0. The quantitative estimate of drug-likeness (QED) is 0.0205. The van der Waals surface area contributed by atoms with Crippen LogP contribution in [-0.2, 0) is 27.9 Å². The molecule has 3 atom stereocenters. The lowest BCUT2D eigenvalue weighted by Crippen LogP contribution is -2.47. The normalized spacial score (nSPS) is 13.9. The van der Waals surface area contributed by atoms with Gasteiger partial charge in [0.1, 0.15) is 19.3 Å². The molecular weight excluding hydrogens is 868 g/mol. The van der Waals surface area contributed by atoms with Crippen LogP contribution in [0.15, 0.2) is 24.3 Å². The van der Waals surface area contributed by atoms with Crippen LogP contribution in [0, 0.1) is 0 Å². The van der Waals surface area contributed by atoms with Gasteiger partial charge in [0.15, 0.2) is 0 Å². The number of esters is 1. The highest BCUT2D eigenvalue weighted by molar-refractivity contribution is 7.47.